The molecule has 2 aromatic rings. The van der Waals surface area contributed by atoms with Crippen molar-refractivity contribution in [3.63, 3.8) is 0 Å². The van der Waals surface area contributed by atoms with E-state index in [0.29, 0.717) is 18.8 Å². The van der Waals surface area contributed by atoms with Crippen LogP contribution in [0.2, 0.25) is 0 Å². The van der Waals surface area contributed by atoms with Crippen LogP contribution in [-0.4, -0.2) is 28.9 Å². The molecule has 128 valence electrons. The van der Waals surface area contributed by atoms with Gasteiger partial charge in [0.25, 0.3) is 0 Å². The zero-order valence-corrected chi connectivity index (χ0v) is 14.5. The molecule has 1 aromatic heterocycles. The van der Waals surface area contributed by atoms with E-state index in [0.717, 1.165) is 23.2 Å². The zero-order chi connectivity index (χ0) is 17.7. The molecule has 0 fully saturated rings. The van der Waals surface area contributed by atoms with Gasteiger partial charge in [-0.15, -0.1) is 0 Å². The Kier molecular flexibility index (Phi) is 5.73. The Morgan fingerprint density at radius 2 is 1.79 bits per heavy atom. The lowest BCUT2D eigenvalue weighted by molar-refractivity contribution is -0.145. The summed E-state index contributed by atoms with van der Waals surface area (Å²) in [6.45, 7) is 6.30. The van der Waals surface area contributed by atoms with E-state index in [2.05, 4.69) is 17.4 Å². The first-order chi connectivity index (χ1) is 11.4. The Labute approximate surface area is 141 Å². The molecule has 0 radical (unpaired) electrons. The minimum Gasteiger partial charge on any atom is -0.361 e. The first kappa shape index (κ1) is 17.7. The quantitative estimate of drug-likeness (QED) is 0.853. The highest BCUT2D eigenvalue weighted by molar-refractivity contribution is 6.34. The monoisotopic (exact) mass is 329 g/mol. The number of aryl methyl sites for hydroxylation is 3. The molecule has 2 amide bonds. The number of nitrogens with zero attached hydrogens (tertiary/aromatic N) is 2. The molecule has 6 nitrogen and oxygen atoms in total. The van der Waals surface area contributed by atoms with E-state index in [1.54, 1.807) is 14.0 Å². The number of hydrogen-bond donors (Lipinski definition) is 1. The van der Waals surface area contributed by atoms with Gasteiger partial charge in [-0.3, -0.25) is 9.59 Å². The van der Waals surface area contributed by atoms with Gasteiger partial charge in [0.05, 0.1) is 12.2 Å². The molecule has 0 spiro atoms. The third-order valence-electron chi connectivity index (χ3n) is 4.00. The second kappa shape index (κ2) is 7.77. The number of carbonyl (C=O) groups is 2. The summed E-state index contributed by atoms with van der Waals surface area (Å²) in [5.41, 5.74) is 3.75. The van der Waals surface area contributed by atoms with Gasteiger partial charge in [-0.1, -0.05) is 36.3 Å². The van der Waals surface area contributed by atoms with E-state index in [1.807, 2.05) is 31.2 Å². The number of nitrogens with one attached hydrogen (secondary N) is 1. The lowest BCUT2D eigenvalue weighted by atomic mass is 10.1. The van der Waals surface area contributed by atoms with Crippen molar-refractivity contribution in [1.29, 1.82) is 0 Å². The maximum Gasteiger partial charge on any atom is 0.311 e. The summed E-state index contributed by atoms with van der Waals surface area (Å²) in [5.74, 6) is -0.549. The molecule has 0 atom stereocenters. The molecule has 0 bridgehead atoms. The number of benzene rings is 1. The summed E-state index contributed by atoms with van der Waals surface area (Å²) < 4.78 is 5.07. The fourth-order valence-electron chi connectivity index (χ4n) is 2.36. The van der Waals surface area contributed by atoms with Crippen molar-refractivity contribution in [2.24, 2.45) is 0 Å². The lowest BCUT2D eigenvalue weighted by Gasteiger charge is -2.16. The molecule has 0 aliphatic heterocycles. The second-order valence-electron chi connectivity index (χ2n) is 5.82. The number of rotatable bonds is 5. The van der Waals surface area contributed by atoms with E-state index >= 15 is 0 Å². The van der Waals surface area contributed by atoms with Gasteiger partial charge in [0.2, 0.25) is 0 Å². The summed E-state index contributed by atoms with van der Waals surface area (Å²) in [5, 5.41) is 6.51. The number of likely N-dealkylation sites (N-methyl/N-ethyl adjacent to an activating group) is 1. The molecule has 0 aliphatic carbocycles. The van der Waals surface area contributed by atoms with Gasteiger partial charge in [0, 0.05) is 19.2 Å². The first-order valence-corrected chi connectivity index (χ1v) is 7.95. The molecule has 0 aliphatic rings. The van der Waals surface area contributed by atoms with Gasteiger partial charge in [-0.25, -0.2) is 0 Å². The van der Waals surface area contributed by atoms with Gasteiger partial charge in [-0.2, -0.15) is 0 Å². The molecule has 1 aromatic carbocycles. The highest BCUT2D eigenvalue weighted by Crippen LogP contribution is 2.14. The Balaban J connectivity index is 1.90. The Morgan fingerprint density at radius 3 is 2.33 bits per heavy atom. The van der Waals surface area contributed by atoms with Gasteiger partial charge in [-0.05, 0) is 31.4 Å². The molecule has 2 rings (SSSR count). The second-order valence-corrected chi connectivity index (χ2v) is 5.82. The minimum atomic E-state index is -0.621. The average Bonchev–Trinajstić information content (AvgIpc) is 2.91. The van der Waals surface area contributed by atoms with Crippen LogP contribution in [0.3, 0.4) is 0 Å². The average molecular weight is 329 g/mol. The molecule has 0 saturated heterocycles. The molecule has 1 heterocycles. The van der Waals surface area contributed by atoms with Crippen molar-refractivity contribution in [2.75, 3.05) is 7.05 Å². The lowest BCUT2D eigenvalue weighted by Crippen LogP contribution is -2.40. The largest absolute Gasteiger partial charge is 0.361 e. The summed E-state index contributed by atoms with van der Waals surface area (Å²) in [4.78, 5) is 25.6. The van der Waals surface area contributed by atoms with Gasteiger partial charge in [0.15, 0.2) is 0 Å². The van der Waals surface area contributed by atoms with E-state index in [4.69, 9.17) is 4.52 Å². The maximum atomic E-state index is 12.2. The molecular formula is C18H23N3O3. The molecular weight excluding hydrogens is 306 g/mol. The van der Waals surface area contributed by atoms with Crippen LogP contribution in [0.25, 0.3) is 0 Å². The zero-order valence-electron chi connectivity index (χ0n) is 14.5. The van der Waals surface area contributed by atoms with Gasteiger partial charge < -0.3 is 14.7 Å². The molecule has 0 saturated carbocycles. The molecule has 24 heavy (non-hydrogen) atoms. The predicted octanol–water partition coefficient (Wildman–Crippen LogP) is 2.13. The van der Waals surface area contributed by atoms with Crippen LogP contribution in [0.15, 0.2) is 28.8 Å². The third kappa shape index (κ3) is 4.22. The van der Waals surface area contributed by atoms with Crippen molar-refractivity contribution >= 4 is 11.8 Å². The summed E-state index contributed by atoms with van der Waals surface area (Å²) >= 11 is 0. The van der Waals surface area contributed by atoms with Crippen LogP contribution in [0.4, 0.5) is 0 Å². The minimum absolute atomic E-state index is 0.290. The molecule has 0 unspecified atom stereocenters. The normalized spacial score (nSPS) is 10.5. The van der Waals surface area contributed by atoms with Gasteiger partial charge >= 0.3 is 11.8 Å². The van der Waals surface area contributed by atoms with Gasteiger partial charge in [0.1, 0.15) is 5.76 Å². The summed E-state index contributed by atoms with van der Waals surface area (Å²) in [6.07, 6.45) is 0.970. The van der Waals surface area contributed by atoms with Crippen molar-refractivity contribution in [1.82, 2.24) is 15.4 Å². The smallest absolute Gasteiger partial charge is 0.311 e. The van der Waals surface area contributed by atoms with Crippen molar-refractivity contribution in [3.8, 4) is 0 Å². The Hall–Kier alpha value is -2.63. The maximum absolute atomic E-state index is 12.2. The van der Waals surface area contributed by atoms with Crippen molar-refractivity contribution < 1.29 is 14.1 Å². The number of hydrogen-bond acceptors (Lipinski definition) is 4. The number of aromatic nitrogens is 1. The van der Waals surface area contributed by atoms with Crippen molar-refractivity contribution in [2.45, 2.75) is 40.3 Å². The highest BCUT2D eigenvalue weighted by Gasteiger charge is 2.21. The number of amides is 2. The first-order valence-electron chi connectivity index (χ1n) is 7.95. The van der Waals surface area contributed by atoms with E-state index < -0.39 is 11.8 Å². The third-order valence-corrected chi connectivity index (χ3v) is 4.00. The fraction of sp³-hybridized carbons (Fsp3) is 0.389. The predicted molar refractivity (Wildman–Crippen MR) is 90.1 cm³/mol. The van der Waals surface area contributed by atoms with Crippen LogP contribution in [0, 0.1) is 13.8 Å². The van der Waals surface area contributed by atoms with Crippen LogP contribution in [0.5, 0.6) is 0 Å². The molecule has 6 heteroatoms. The van der Waals surface area contributed by atoms with Crippen LogP contribution >= 0.6 is 0 Å². The van der Waals surface area contributed by atoms with Crippen molar-refractivity contribution in [3.05, 3.63) is 52.4 Å². The van der Waals surface area contributed by atoms with Crippen LogP contribution < -0.4 is 5.32 Å². The van der Waals surface area contributed by atoms with Crippen LogP contribution in [-0.2, 0) is 29.1 Å². The Morgan fingerprint density at radius 1 is 1.17 bits per heavy atom. The summed E-state index contributed by atoms with van der Waals surface area (Å²) in [6, 6.07) is 7.95. The van der Waals surface area contributed by atoms with E-state index in [-0.39, 0.29) is 0 Å². The fourth-order valence-corrected chi connectivity index (χ4v) is 2.36. The van der Waals surface area contributed by atoms with E-state index in [1.165, 1.54) is 10.5 Å². The highest BCUT2D eigenvalue weighted by atomic mass is 16.5. The SMILES string of the molecule is CCc1ccc(CNC(=O)C(=O)N(C)Cc2c(C)noc2C)cc1. The number of carbonyl (C=O) groups excluding carboxylic acids is 2. The van der Waals surface area contributed by atoms with Crippen LogP contribution in [0.1, 0.15) is 35.1 Å². The Bertz CT molecular complexity index is 700. The standard InChI is InChI=1S/C18H23N3O3/c1-5-14-6-8-15(9-7-14)10-19-17(22)18(23)21(4)11-16-12(2)20-24-13(16)3/h6-9H,5,10-11H2,1-4H3,(H,19,22). The van der Waals surface area contributed by atoms with E-state index in [9.17, 15) is 9.59 Å². The topological polar surface area (TPSA) is 75.4 Å². The summed E-state index contributed by atoms with van der Waals surface area (Å²) in [7, 11) is 1.59. The molecule has 1 N–H and O–H groups in total.